The van der Waals surface area contributed by atoms with Crippen molar-refractivity contribution in [1.29, 1.82) is 0 Å². The lowest BCUT2D eigenvalue weighted by Gasteiger charge is -2.12. The van der Waals surface area contributed by atoms with E-state index in [1.165, 1.54) is 0 Å². The minimum absolute atomic E-state index is 0.600. The Morgan fingerprint density at radius 3 is 2.52 bits per heavy atom. The van der Waals surface area contributed by atoms with Crippen molar-refractivity contribution in [3.05, 3.63) is 78.9 Å². The van der Waals surface area contributed by atoms with Crippen molar-refractivity contribution in [1.82, 2.24) is 9.97 Å². The SMILES string of the molecule is c1ccc(Oc2ccccc2NCc2cnccn2)cc1. The molecule has 0 radical (unpaired) electrons. The van der Waals surface area contributed by atoms with E-state index in [1.54, 1.807) is 18.6 Å². The number of nitrogens with zero attached hydrogens (tertiary/aromatic N) is 2. The molecule has 4 nitrogen and oxygen atoms in total. The van der Waals surface area contributed by atoms with Gasteiger partial charge in [0.05, 0.1) is 24.1 Å². The van der Waals surface area contributed by atoms with Gasteiger partial charge in [-0.1, -0.05) is 30.3 Å². The molecule has 21 heavy (non-hydrogen) atoms. The number of benzene rings is 2. The van der Waals surface area contributed by atoms with E-state index in [-0.39, 0.29) is 0 Å². The quantitative estimate of drug-likeness (QED) is 0.768. The fourth-order valence-corrected chi connectivity index (χ4v) is 1.92. The summed E-state index contributed by atoms with van der Waals surface area (Å²) in [5, 5.41) is 3.32. The zero-order chi connectivity index (χ0) is 14.3. The van der Waals surface area contributed by atoms with Crippen LogP contribution in [-0.2, 0) is 6.54 Å². The van der Waals surface area contributed by atoms with Crippen molar-refractivity contribution in [2.75, 3.05) is 5.32 Å². The van der Waals surface area contributed by atoms with Gasteiger partial charge in [0.2, 0.25) is 0 Å². The van der Waals surface area contributed by atoms with Gasteiger partial charge in [-0.3, -0.25) is 9.97 Å². The summed E-state index contributed by atoms with van der Waals surface area (Å²) >= 11 is 0. The van der Waals surface area contributed by atoms with Gasteiger partial charge in [0.15, 0.2) is 5.75 Å². The van der Waals surface area contributed by atoms with Crippen LogP contribution in [-0.4, -0.2) is 9.97 Å². The number of hydrogen-bond donors (Lipinski definition) is 1. The summed E-state index contributed by atoms with van der Waals surface area (Å²) in [7, 11) is 0. The number of anilines is 1. The van der Waals surface area contributed by atoms with Crippen molar-refractivity contribution < 1.29 is 4.74 Å². The first-order valence-corrected chi connectivity index (χ1v) is 6.72. The van der Waals surface area contributed by atoms with Crippen LogP contribution in [0.2, 0.25) is 0 Å². The molecule has 1 heterocycles. The number of para-hydroxylation sites is 3. The Hall–Kier alpha value is -2.88. The lowest BCUT2D eigenvalue weighted by molar-refractivity contribution is 0.484. The predicted octanol–water partition coefficient (Wildman–Crippen LogP) is 3.88. The van der Waals surface area contributed by atoms with Gasteiger partial charge < -0.3 is 10.1 Å². The molecule has 0 bridgehead atoms. The number of nitrogens with one attached hydrogen (secondary N) is 1. The second kappa shape index (κ2) is 6.52. The summed E-state index contributed by atoms with van der Waals surface area (Å²) in [4.78, 5) is 8.30. The summed E-state index contributed by atoms with van der Waals surface area (Å²) in [5.74, 6) is 1.60. The number of hydrogen-bond acceptors (Lipinski definition) is 4. The highest BCUT2D eigenvalue weighted by Gasteiger charge is 2.04. The highest BCUT2D eigenvalue weighted by molar-refractivity contribution is 5.57. The van der Waals surface area contributed by atoms with Gasteiger partial charge in [-0.15, -0.1) is 0 Å². The average Bonchev–Trinajstić information content (AvgIpc) is 2.56. The molecule has 0 unspecified atom stereocenters. The summed E-state index contributed by atoms with van der Waals surface area (Å²) in [6.45, 7) is 0.600. The monoisotopic (exact) mass is 277 g/mol. The van der Waals surface area contributed by atoms with Crippen molar-refractivity contribution in [3.63, 3.8) is 0 Å². The van der Waals surface area contributed by atoms with Crippen LogP contribution in [0.3, 0.4) is 0 Å². The van der Waals surface area contributed by atoms with Crippen LogP contribution in [0.15, 0.2) is 73.2 Å². The molecule has 0 atom stereocenters. The standard InChI is InChI=1S/C17H15N3O/c1-2-6-15(7-3-1)21-17-9-5-4-8-16(17)20-13-14-12-18-10-11-19-14/h1-12,20H,13H2. The van der Waals surface area contributed by atoms with Crippen LogP contribution >= 0.6 is 0 Å². The minimum atomic E-state index is 0.600. The molecule has 3 aromatic rings. The second-order valence-corrected chi connectivity index (χ2v) is 4.46. The molecular formula is C17H15N3O. The van der Waals surface area contributed by atoms with Gasteiger partial charge in [-0.05, 0) is 24.3 Å². The molecule has 3 rings (SSSR count). The van der Waals surface area contributed by atoms with Crippen molar-refractivity contribution >= 4 is 5.69 Å². The lowest BCUT2D eigenvalue weighted by atomic mass is 10.2. The maximum absolute atomic E-state index is 5.90. The smallest absolute Gasteiger partial charge is 0.150 e. The summed E-state index contributed by atoms with van der Waals surface area (Å²) in [6, 6.07) is 17.6. The molecule has 0 amide bonds. The van der Waals surface area contributed by atoms with Crippen molar-refractivity contribution in [2.24, 2.45) is 0 Å². The van der Waals surface area contributed by atoms with Crippen LogP contribution in [0.4, 0.5) is 5.69 Å². The number of ether oxygens (including phenoxy) is 1. The maximum atomic E-state index is 5.90. The molecule has 104 valence electrons. The minimum Gasteiger partial charge on any atom is -0.455 e. The van der Waals surface area contributed by atoms with E-state index in [0.29, 0.717) is 6.54 Å². The third-order valence-electron chi connectivity index (χ3n) is 2.93. The zero-order valence-corrected chi connectivity index (χ0v) is 11.4. The van der Waals surface area contributed by atoms with Crippen LogP contribution in [0, 0.1) is 0 Å². The first kappa shape index (κ1) is 13.1. The van der Waals surface area contributed by atoms with Crippen molar-refractivity contribution in [2.45, 2.75) is 6.54 Å². The van der Waals surface area contributed by atoms with Gasteiger partial charge in [0.1, 0.15) is 5.75 Å². The van der Waals surface area contributed by atoms with Gasteiger partial charge in [-0.25, -0.2) is 0 Å². The van der Waals surface area contributed by atoms with Crippen LogP contribution in [0.5, 0.6) is 11.5 Å². The summed E-state index contributed by atoms with van der Waals surface area (Å²) in [5.41, 5.74) is 1.80. The largest absolute Gasteiger partial charge is 0.455 e. The molecule has 0 aliphatic heterocycles. The molecule has 0 saturated carbocycles. The number of aromatic nitrogens is 2. The van der Waals surface area contributed by atoms with E-state index in [0.717, 1.165) is 22.9 Å². The Balaban J connectivity index is 1.73. The van der Waals surface area contributed by atoms with Crippen LogP contribution in [0.1, 0.15) is 5.69 Å². The van der Waals surface area contributed by atoms with E-state index in [1.807, 2.05) is 54.6 Å². The van der Waals surface area contributed by atoms with Crippen LogP contribution in [0.25, 0.3) is 0 Å². The molecule has 1 aromatic heterocycles. The molecule has 0 fully saturated rings. The first-order chi connectivity index (χ1) is 10.4. The Morgan fingerprint density at radius 2 is 1.71 bits per heavy atom. The van der Waals surface area contributed by atoms with E-state index in [4.69, 9.17) is 4.74 Å². The third-order valence-corrected chi connectivity index (χ3v) is 2.93. The predicted molar refractivity (Wildman–Crippen MR) is 82.3 cm³/mol. The Kier molecular flexibility index (Phi) is 4.07. The highest BCUT2D eigenvalue weighted by Crippen LogP contribution is 2.29. The topological polar surface area (TPSA) is 47.0 Å². The van der Waals surface area contributed by atoms with Gasteiger partial charge in [-0.2, -0.15) is 0 Å². The van der Waals surface area contributed by atoms with E-state index in [2.05, 4.69) is 15.3 Å². The molecule has 0 aliphatic carbocycles. The molecule has 0 saturated heterocycles. The average molecular weight is 277 g/mol. The van der Waals surface area contributed by atoms with Crippen molar-refractivity contribution in [3.8, 4) is 11.5 Å². The summed E-state index contributed by atoms with van der Waals surface area (Å²) in [6.07, 6.45) is 5.09. The first-order valence-electron chi connectivity index (χ1n) is 6.72. The Morgan fingerprint density at radius 1 is 0.905 bits per heavy atom. The summed E-state index contributed by atoms with van der Waals surface area (Å²) < 4.78 is 5.90. The van der Waals surface area contributed by atoms with E-state index >= 15 is 0 Å². The second-order valence-electron chi connectivity index (χ2n) is 4.46. The molecule has 0 aliphatic rings. The van der Waals surface area contributed by atoms with Gasteiger partial charge in [0, 0.05) is 12.4 Å². The number of rotatable bonds is 5. The lowest BCUT2D eigenvalue weighted by Crippen LogP contribution is -2.03. The third kappa shape index (κ3) is 3.57. The fourth-order valence-electron chi connectivity index (χ4n) is 1.92. The highest BCUT2D eigenvalue weighted by atomic mass is 16.5. The zero-order valence-electron chi connectivity index (χ0n) is 11.4. The fraction of sp³-hybridized carbons (Fsp3) is 0.0588. The molecule has 4 heteroatoms. The normalized spacial score (nSPS) is 10.1. The van der Waals surface area contributed by atoms with Gasteiger partial charge in [0.25, 0.3) is 0 Å². The molecule has 0 spiro atoms. The van der Waals surface area contributed by atoms with Gasteiger partial charge >= 0.3 is 0 Å². The Bertz CT molecular complexity index is 687. The molecule has 1 N–H and O–H groups in total. The molecular weight excluding hydrogens is 262 g/mol. The Labute approximate surface area is 123 Å². The van der Waals surface area contributed by atoms with E-state index in [9.17, 15) is 0 Å². The van der Waals surface area contributed by atoms with Crippen LogP contribution < -0.4 is 10.1 Å². The van der Waals surface area contributed by atoms with E-state index < -0.39 is 0 Å². The maximum Gasteiger partial charge on any atom is 0.150 e. The molecule has 2 aromatic carbocycles.